The number of unbranched alkanes of at least 4 members (excludes halogenated alkanes) is 2. The molecule has 0 unspecified atom stereocenters. The van der Waals surface area contributed by atoms with Gasteiger partial charge in [0, 0.05) is 65.9 Å². The number of aliphatic carboxylic acids is 1. The fourth-order valence-electron chi connectivity index (χ4n) is 6.34. The Morgan fingerprint density at radius 3 is 1.98 bits per heavy atom. The summed E-state index contributed by atoms with van der Waals surface area (Å²) in [5, 5.41) is 15.8. The molecule has 1 amide bonds. The number of hydrogen-bond donors (Lipinski definition) is 4. The number of ketones is 1. The number of allylic oxidation sites excluding steroid dienone is 5. The Bertz CT molecular complexity index is 1840. The van der Waals surface area contributed by atoms with E-state index in [1.165, 1.54) is 0 Å². The number of nitrogens with two attached hydrogens (primary N) is 1. The number of ether oxygens (including phenoxy) is 4. The minimum Gasteiger partial charge on any atom is -0.493 e. The Morgan fingerprint density at radius 2 is 1.43 bits per heavy atom. The van der Waals surface area contributed by atoms with Gasteiger partial charge < -0.3 is 40.4 Å². The highest BCUT2D eigenvalue weighted by Crippen LogP contribution is 2.31. The van der Waals surface area contributed by atoms with Crippen LogP contribution in [0.5, 0.6) is 17.2 Å². The summed E-state index contributed by atoms with van der Waals surface area (Å²) in [6.07, 6.45) is 12.5. The van der Waals surface area contributed by atoms with Gasteiger partial charge >= 0.3 is 5.97 Å². The normalized spacial score (nSPS) is 12.0. The molecule has 2 rings (SSSR count). The van der Waals surface area contributed by atoms with Crippen LogP contribution in [0.15, 0.2) is 91.3 Å². The van der Waals surface area contributed by atoms with Crippen molar-refractivity contribution < 1.29 is 38.4 Å². The number of carbonyl (C=O) groups excluding carboxylic acids is 2. The van der Waals surface area contributed by atoms with Gasteiger partial charge in [-0.1, -0.05) is 65.1 Å². The van der Waals surface area contributed by atoms with Crippen molar-refractivity contribution in [3.05, 3.63) is 114 Å². The van der Waals surface area contributed by atoms with Gasteiger partial charge in [0.2, 0.25) is 5.91 Å². The summed E-state index contributed by atoms with van der Waals surface area (Å²) >= 11 is 0. The van der Waals surface area contributed by atoms with Crippen LogP contribution in [0.2, 0.25) is 0 Å². The first-order valence-electron chi connectivity index (χ1n) is 21.6. The Hall–Kier alpha value is -5.29. The van der Waals surface area contributed by atoms with E-state index in [0.29, 0.717) is 74.9 Å². The van der Waals surface area contributed by atoms with E-state index in [0.717, 1.165) is 59.4 Å². The third kappa shape index (κ3) is 19.3. The molecule has 2 aromatic carbocycles. The molecule has 5 N–H and O–H groups in total. The first-order valence-corrected chi connectivity index (χ1v) is 21.6. The van der Waals surface area contributed by atoms with E-state index in [1.807, 2.05) is 70.2 Å². The number of carboxylic acids is 1. The maximum absolute atomic E-state index is 12.8. The van der Waals surface area contributed by atoms with Crippen LogP contribution in [0.4, 0.5) is 0 Å². The molecule has 0 aromatic heterocycles. The second-order valence-corrected chi connectivity index (χ2v) is 16.6. The van der Waals surface area contributed by atoms with Crippen molar-refractivity contribution in [3.8, 4) is 17.2 Å². The van der Waals surface area contributed by atoms with Crippen molar-refractivity contribution in [2.24, 2.45) is 11.1 Å². The predicted molar refractivity (Wildman–Crippen MR) is 247 cm³/mol. The second-order valence-electron chi connectivity index (χ2n) is 16.6. The highest BCUT2D eigenvalue weighted by molar-refractivity contribution is 5.98. The van der Waals surface area contributed by atoms with Crippen LogP contribution in [0.1, 0.15) is 120 Å². The van der Waals surface area contributed by atoms with Gasteiger partial charge in [-0.05, 0) is 107 Å². The van der Waals surface area contributed by atoms with Gasteiger partial charge in [-0.25, -0.2) is 0 Å². The molecule has 0 aliphatic carbocycles. The monoisotopic (exact) mass is 844 g/mol. The summed E-state index contributed by atoms with van der Waals surface area (Å²) in [6.45, 7) is 28.4. The van der Waals surface area contributed by atoms with Gasteiger partial charge in [-0.15, -0.1) is 6.58 Å². The minimum absolute atomic E-state index is 0.0706. The summed E-state index contributed by atoms with van der Waals surface area (Å²) in [6, 6.07) is 9.24. The molecule has 0 spiro atoms. The standard InChI is InChI=1S/C50H73N3O8/c1-11-20-41-39(13-3)40(43(54)14-4)26-28-46(41)59-31-17-15-16-30-58-44-21-18-22-45(42(44)27-29-48(56)57)60-32-19-23-47(55)53-34-50(9,10)61-35-49(7,8)33-52-37(6)38(12-2)25-24-36(5)51/h11-12,18,21-22,24-26,28,52H,1-2,6,13-17,19-20,23,27,29-35,51H2,3-5,7-10H3,(H,53,55)(H,56,57)/b36-24+,38-25+. The smallest absolute Gasteiger partial charge is 0.303 e. The molecule has 0 saturated carbocycles. The van der Waals surface area contributed by atoms with Crippen molar-refractivity contribution in [1.29, 1.82) is 0 Å². The number of amides is 1. The van der Waals surface area contributed by atoms with Crippen LogP contribution in [0.3, 0.4) is 0 Å². The summed E-state index contributed by atoms with van der Waals surface area (Å²) in [5.41, 5.74) is 10.7. The molecule has 0 fully saturated rings. The van der Waals surface area contributed by atoms with Crippen molar-refractivity contribution in [2.75, 3.05) is 39.5 Å². The third-order valence-electron chi connectivity index (χ3n) is 9.94. The Balaban J connectivity index is 1.83. The predicted octanol–water partition coefficient (Wildman–Crippen LogP) is 9.39. The molecule has 11 heteroatoms. The molecule has 0 bridgehead atoms. The summed E-state index contributed by atoms with van der Waals surface area (Å²) in [7, 11) is 0. The molecule has 0 radical (unpaired) electrons. The highest BCUT2D eigenvalue weighted by atomic mass is 16.5. The van der Waals surface area contributed by atoms with Gasteiger partial charge in [0.05, 0.1) is 32.0 Å². The number of benzene rings is 2. The van der Waals surface area contributed by atoms with Gasteiger partial charge in [0.25, 0.3) is 0 Å². The molecule has 11 nitrogen and oxygen atoms in total. The van der Waals surface area contributed by atoms with E-state index in [4.69, 9.17) is 24.7 Å². The lowest BCUT2D eigenvalue weighted by Gasteiger charge is -2.32. The van der Waals surface area contributed by atoms with Crippen molar-refractivity contribution in [2.45, 2.75) is 118 Å². The van der Waals surface area contributed by atoms with E-state index in [-0.39, 0.29) is 43.0 Å². The zero-order chi connectivity index (χ0) is 45.4. The topological polar surface area (TPSA) is 158 Å². The Kier molecular flexibility index (Phi) is 22.8. The van der Waals surface area contributed by atoms with Crippen LogP contribution in [-0.2, 0) is 33.6 Å². The van der Waals surface area contributed by atoms with Crippen molar-refractivity contribution in [1.82, 2.24) is 10.6 Å². The van der Waals surface area contributed by atoms with Crippen LogP contribution in [0, 0.1) is 5.41 Å². The summed E-state index contributed by atoms with van der Waals surface area (Å²) < 4.78 is 24.7. The van der Waals surface area contributed by atoms with Gasteiger partial charge in [0.15, 0.2) is 5.78 Å². The molecule has 0 aliphatic heterocycles. The Labute approximate surface area is 365 Å². The lowest BCUT2D eigenvalue weighted by Crippen LogP contribution is -2.43. The highest BCUT2D eigenvalue weighted by Gasteiger charge is 2.26. The average Bonchev–Trinajstić information content (AvgIpc) is 3.22. The fourth-order valence-corrected chi connectivity index (χ4v) is 6.34. The zero-order valence-electron chi connectivity index (χ0n) is 38.0. The molecule has 61 heavy (non-hydrogen) atoms. The second kappa shape index (κ2) is 26.8. The summed E-state index contributed by atoms with van der Waals surface area (Å²) in [4.78, 5) is 36.8. The van der Waals surface area contributed by atoms with Crippen LogP contribution >= 0.6 is 0 Å². The van der Waals surface area contributed by atoms with Crippen LogP contribution < -0.4 is 30.6 Å². The first kappa shape index (κ1) is 51.8. The molecular formula is C50H73N3O8. The van der Waals surface area contributed by atoms with Crippen molar-refractivity contribution >= 4 is 17.7 Å². The lowest BCUT2D eigenvalue weighted by atomic mass is 9.92. The molecule has 0 atom stereocenters. The number of Topliss-reactive ketones (excluding diaryl/α,β-unsaturated/α-hetero) is 1. The lowest BCUT2D eigenvalue weighted by molar-refractivity contribution is -0.137. The molecular weight excluding hydrogens is 771 g/mol. The number of hydrogen-bond acceptors (Lipinski definition) is 9. The number of carbonyl (C=O) groups is 3. The summed E-state index contributed by atoms with van der Waals surface area (Å²) in [5.74, 6) is 1.05. The van der Waals surface area contributed by atoms with Gasteiger partial charge in [0.1, 0.15) is 17.2 Å². The fraction of sp³-hybridized carbons (Fsp3) is 0.500. The molecule has 336 valence electrons. The van der Waals surface area contributed by atoms with E-state index in [2.05, 4.69) is 51.1 Å². The number of rotatable bonds is 32. The minimum atomic E-state index is -0.911. The molecule has 0 heterocycles. The van der Waals surface area contributed by atoms with E-state index in [1.54, 1.807) is 12.1 Å². The SMILES string of the molecule is C=CCc1c(OCCCCCOc2cccc(OCCCC(=O)NCC(C)(C)OCC(C)(C)CNC(=C)/C(C=C)=C/C=C(\C)N)c2CCC(=O)O)ccc(C(=O)CC)c1CC. The molecule has 2 aromatic rings. The number of nitrogens with one attached hydrogen (secondary N) is 2. The van der Waals surface area contributed by atoms with E-state index >= 15 is 0 Å². The third-order valence-corrected chi connectivity index (χ3v) is 9.94. The first-order chi connectivity index (χ1) is 29.0. The zero-order valence-corrected chi connectivity index (χ0v) is 38.0. The van der Waals surface area contributed by atoms with Crippen LogP contribution in [0.25, 0.3) is 0 Å². The largest absolute Gasteiger partial charge is 0.493 e. The van der Waals surface area contributed by atoms with E-state index in [9.17, 15) is 19.5 Å². The maximum Gasteiger partial charge on any atom is 0.303 e. The van der Waals surface area contributed by atoms with Gasteiger partial charge in [-0.2, -0.15) is 0 Å². The molecule has 0 saturated heterocycles. The Morgan fingerprint density at radius 1 is 0.803 bits per heavy atom. The number of carboxylic acid groups (broad SMARTS) is 1. The average molecular weight is 844 g/mol. The van der Waals surface area contributed by atoms with E-state index < -0.39 is 11.6 Å². The quantitative estimate of drug-likeness (QED) is 0.0242. The maximum atomic E-state index is 12.8. The van der Waals surface area contributed by atoms with Crippen LogP contribution in [-0.4, -0.2) is 67.9 Å². The molecule has 0 aliphatic rings. The van der Waals surface area contributed by atoms with Crippen molar-refractivity contribution in [3.63, 3.8) is 0 Å². The van der Waals surface area contributed by atoms with Gasteiger partial charge in [-0.3, -0.25) is 14.4 Å².